The molecule has 0 aliphatic heterocycles. The number of aryl methyl sites for hydroxylation is 1. The Labute approximate surface area is 288 Å². The zero-order valence-electron chi connectivity index (χ0n) is 29.1. The van der Waals surface area contributed by atoms with Gasteiger partial charge in [0.25, 0.3) is 0 Å². The number of benzene rings is 4. The summed E-state index contributed by atoms with van der Waals surface area (Å²) in [5.41, 5.74) is 14.5. The second kappa shape index (κ2) is 14.2. The van der Waals surface area contributed by atoms with Crippen LogP contribution >= 0.6 is 0 Å². The third-order valence-electron chi connectivity index (χ3n) is 8.43. The van der Waals surface area contributed by atoms with E-state index in [-0.39, 0.29) is 10.8 Å². The summed E-state index contributed by atoms with van der Waals surface area (Å²) in [6.45, 7) is 22.5. The number of hydrogen-bond donors (Lipinski definition) is 0. The van der Waals surface area contributed by atoms with Crippen molar-refractivity contribution < 1.29 is 24.2 Å². The van der Waals surface area contributed by atoms with Gasteiger partial charge in [-0.15, -0.1) is 5.56 Å². The van der Waals surface area contributed by atoms with Crippen LogP contribution in [0.4, 0.5) is 0 Å². The van der Waals surface area contributed by atoms with Gasteiger partial charge >= 0.3 is 99.2 Å². The molecule has 0 bridgehead atoms. The molecule has 0 N–H and O–H groups in total. The summed E-state index contributed by atoms with van der Waals surface area (Å²) < 4.78 is 1.42. The van der Waals surface area contributed by atoms with Crippen LogP contribution in [0.25, 0.3) is 11.1 Å². The Bertz CT molecular complexity index is 1610. The first-order valence-electron chi connectivity index (χ1n) is 16.2. The van der Waals surface area contributed by atoms with Gasteiger partial charge in [-0.2, -0.15) is 52.6 Å². The number of hydrogen-bond acceptors (Lipinski definition) is 0. The SMILES string of the molecule is CC(C)(C)c1c[c-]c2c(c1)-c1cc(C(C)(C)C)ccc1C2.Cc1cc(C(C)(C)C)c[cH-]1.[Zr+2]=[C](c1ccccc1)c1ccccc1. The van der Waals surface area contributed by atoms with Crippen LogP contribution in [0.3, 0.4) is 0 Å². The van der Waals surface area contributed by atoms with Crippen LogP contribution in [0, 0.1) is 13.0 Å². The average Bonchev–Trinajstić information content (AvgIpc) is 3.60. The van der Waals surface area contributed by atoms with Crippen LogP contribution in [0.5, 0.6) is 0 Å². The fourth-order valence-corrected chi connectivity index (χ4v) is 6.21. The molecule has 6 rings (SSSR count). The van der Waals surface area contributed by atoms with Crippen LogP contribution < -0.4 is 0 Å². The number of rotatable bonds is 2. The van der Waals surface area contributed by atoms with Crippen molar-refractivity contribution in [1.29, 1.82) is 0 Å². The maximum absolute atomic E-state index is 3.53. The van der Waals surface area contributed by atoms with Crippen molar-refractivity contribution >= 4 is 3.21 Å². The minimum absolute atomic E-state index is 0.177. The third-order valence-corrected chi connectivity index (χ3v) is 9.85. The topological polar surface area (TPSA) is 0 Å². The van der Waals surface area contributed by atoms with Crippen LogP contribution in [0.15, 0.2) is 109 Å². The molecule has 0 atom stereocenters. The van der Waals surface area contributed by atoms with Crippen molar-refractivity contribution in [2.24, 2.45) is 0 Å². The molecule has 0 spiro atoms. The quantitative estimate of drug-likeness (QED) is 0.161. The van der Waals surface area contributed by atoms with Gasteiger partial charge in [0.15, 0.2) is 0 Å². The first-order chi connectivity index (χ1) is 21.0. The van der Waals surface area contributed by atoms with Gasteiger partial charge in [0.1, 0.15) is 0 Å². The first kappa shape index (κ1) is 34.8. The molecule has 230 valence electrons. The monoisotopic (exact) mass is 668 g/mol. The van der Waals surface area contributed by atoms with Gasteiger partial charge in [-0.3, -0.25) is 0 Å². The van der Waals surface area contributed by atoms with Crippen LogP contribution in [-0.2, 0) is 46.9 Å². The predicted molar refractivity (Wildman–Crippen MR) is 192 cm³/mol. The summed E-state index contributed by atoms with van der Waals surface area (Å²) in [5, 5.41) is 0. The van der Waals surface area contributed by atoms with Crippen molar-refractivity contribution in [1.82, 2.24) is 0 Å². The summed E-state index contributed by atoms with van der Waals surface area (Å²) in [7, 11) is 0. The molecule has 5 aromatic rings. The normalized spacial score (nSPS) is 12.3. The van der Waals surface area contributed by atoms with E-state index in [0.717, 1.165) is 6.42 Å². The van der Waals surface area contributed by atoms with Gasteiger partial charge in [-0.05, 0) is 17.4 Å². The Morgan fingerprint density at radius 3 is 1.58 bits per heavy atom. The van der Waals surface area contributed by atoms with Crippen molar-refractivity contribution in [2.75, 3.05) is 0 Å². The van der Waals surface area contributed by atoms with Gasteiger partial charge in [0.2, 0.25) is 0 Å². The van der Waals surface area contributed by atoms with E-state index in [1.54, 1.807) is 0 Å². The summed E-state index contributed by atoms with van der Waals surface area (Å²) in [6, 6.07) is 42.8. The molecular formula is C44H50Zr. The van der Waals surface area contributed by atoms with Gasteiger partial charge in [-0.1, -0.05) is 109 Å². The van der Waals surface area contributed by atoms with E-state index < -0.39 is 0 Å². The van der Waals surface area contributed by atoms with Crippen molar-refractivity contribution in [2.45, 2.75) is 91.9 Å². The molecule has 1 heteroatoms. The molecule has 0 saturated carbocycles. The molecule has 0 unspecified atom stereocenters. The molecule has 0 aromatic heterocycles. The predicted octanol–water partition coefficient (Wildman–Crippen LogP) is 11.5. The Balaban J connectivity index is 0.000000166. The third kappa shape index (κ3) is 9.27. The van der Waals surface area contributed by atoms with E-state index in [0.29, 0.717) is 5.41 Å². The van der Waals surface area contributed by atoms with Crippen molar-refractivity contribution in [3.8, 4) is 11.1 Å². The van der Waals surface area contributed by atoms with E-state index in [1.807, 2.05) is 0 Å². The molecule has 0 saturated heterocycles. The fraction of sp³-hybridized carbons (Fsp3) is 0.318. The fourth-order valence-electron chi connectivity index (χ4n) is 5.39. The molecular weight excluding hydrogens is 620 g/mol. The van der Waals surface area contributed by atoms with Crippen molar-refractivity contribution in [3.05, 3.63) is 160 Å². The van der Waals surface area contributed by atoms with Crippen LogP contribution in [0.1, 0.15) is 107 Å². The van der Waals surface area contributed by atoms with E-state index in [4.69, 9.17) is 0 Å². The maximum atomic E-state index is 3.53. The second-order valence-electron chi connectivity index (χ2n) is 15.4. The molecule has 0 nitrogen and oxygen atoms in total. The molecule has 45 heavy (non-hydrogen) atoms. The standard InChI is InChI=1S/C21H25.C13H10.C10H15.Zr/c1-20(2,3)16-9-7-14-11-15-8-10-17(21(4,5)6)13-19(15)18(14)12-16;1-3-7-12(8-4-1)11-13-9-5-2-6-10-13;1-8-5-6-9(7-8)10(2,3)4;/h7,9-10,12-13H,11H2,1-6H3;1-10H;5-7H,1-4H3;/q-1;;-1;+2. The van der Waals surface area contributed by atoms with E-state index in [2.05, 4.69) is 184 Å². The van der Waals surface area contributed by atoms with Crippen LogP contribution in [0.2, 0.25) is 0 Å². The van der Waals surface area contributed by atoms with Gasteiger partial charge in [-0.25, -0.2) is 6.07 Å². The summed E-state index contributed by atoms with van der Waals surface area (Å²) in [6.07, 6.45) is 1.03. The van der Waals surface area contributed by atoms with E-state index in [9.17, 15) is 0 Å². The molecule has 0 amide bonds. The molecule has 0 heterocycles. The Hall–Kier alpha value is -3.02. The Morgan fingerprint density at radius 2 is 1.13 bits per heavy atom. The molecule has 0 radical (unpaired) electrons. The van der Waals surface area contributed by atoms with Gasteiger partial charge in [0.05, 0.1) is 0 Å². The van der Waals surface area contributed by atoms with E-state index in [1.165, 1.54) is 83.1 Å². The Morgan fingerprint density at radius 1 is 0.622 bits per heavy atom. The molecule has 1 aliphatic carbocycles. The summed E-state index contributed by atoms with van der Waals surface area (Å²) in [4.78, 5) is 0. The zero-order chi connectivity index (χ0) is 33.0. The molecule has 1 aliphatic rings. The molecule has 5 aromatic carbocycles. The molecule has 0 fully saturated rings. The first-order valence-corrected chi connectivity index (χ1v) is 17.4. The Kier molecular flexibility index (Phi) is 11.0. The summed E-state index contributed by atoms with van der Waals surface area (Å²) >= 11 is 1.46. The van der Waals surface area contributed by atoms with Gasteiger partial charge in [0, 0.05) is 0 Å². The second-order valence-corrected chi connectivity index (χ2v) is 16.6. The average molecular weight is 670 g/mol. The van der Waals surface area contributed by atoms with Crippen molar-refractivity contribution in [3.63, 3.8) is 0 Å². The van der Waals surface area contributed by atoms with Gasteiger partial charge < -0.3 is 0 Å². The summed E-state index contributed by atoms with van der Waals surface area (Å²) in [5.74, 6) is 0. The van der Waals surface area contributed by atoms with Crippen LogP contribution in [-0.4, -0.2) is 3.21 Å². The minimum atomic E-state index is 0.177. The number of fused-ring (bicyclic) bond motifs is 3. The van der Waals surface area contributed by atoms with E-state index >= 15 is 0 Å². The zero-order valence-corrected chi connectivity index (χ0v) is 31.6.